The van der Waals surface area contributed by atoms with Crippen LogP contribution in [0.15, 0.2) is 66.7 Å². The van der Waals surface area contributed by atoms with E-state index in [1.807, 2.05) is 41.3 Å². The maximum absolute atomic E-state index is 13.3. The average molecular weight is 446 g/mol. The highest BCUT2D eigenvalue weighted by atomic mass is 16.2. The fourth-order valence-corrected chi connectivity index (χ4v) is 4.86. The second-order valence-corrected chi connectivity index (χ2v) is 9.30. The normalized spacial score (nSPS) is 20.0. The number of carbonyl (C=O) groups is 2. The van der Waals surface area contributed by atoms with Crippen LogP contribution in [0.4, 0.5) is 5.69 Å². The number of anilines is 1. The van der Waals surface area contributed by atoms with Gasteiger partial charge in [-0.3, -0.25) is 9.59 Å². The molecule has 1 unspecified atom stereocenters. The molecule has 174 valence electrons. The SMILES string of the molecule is CN1CC(C(=O)N(CCCN2CCC(C=Cc3ccccc3)CC2)c2ccccc2)CC1=O. The fraction of sp³-hybridized carbons (Fsp3) is 0.429. The first-order valence-electron chi connectivity index (χ1n) is 12.2. The second-order valence-electron chi connectivity index (χ2n) is 9.30. The van der Waals surface area contributed by atoms with Gasteiger partial charge in [0.1, 0.15) is 0 Å². The van der Waals surface area contributed by atoms with E-state index in [1.165, 1.54) is 18.4 Å². The molecule has 2 aliphatic rings. The first-order chi connectivity index (χ1) is 16.1. The van der Waals surface area contributed by atoms with E-state index in [0.29, 0.717) is 25.4 Å². The van der Waals surface area contributed by atoms with E-state index < -0.39 is 0 Å². The predicted molar refractivity (Wildman–Crippen MR) is 134 cm³/mol. The van der Waals surface area contributed by atoms with E-state index in [9.17, 15) is 9.59 Å². The first kappa shape index (κ1) is 23.2. The summed E-state index contributed by atoms with van der Waals surface area (Å²) in [4.78, 5) is 31.3. The highest BCUT2D eigenvalue weighted by Crippen LogP contribution is 2.24. The molecule has 2 heterocycles. The molecule has 2 amide bonds. The molecule has 0 N–H and O–H groups in total. The van der Waals surface area contributed by atoms with E-state index in [2.05, 4.69) is 41.3 Å². The molecule has 1 atom stereocenters. The van der Waals surface area contributed by atoms with Crippen molar-refractivity contribution in [3.8, 4) is 0 Å². The van der Waals surface area contributed by atoms with Gasteiger partial charge in [0.15, 0.2) is 0 Å². The van der Waals surface area contributed by atoms with Crippen LogP contribution in [0, 0.1) is 11.8 Å². The number of carbonyl (C=O) groups excluding carboxylic acids is 2. The summed E-state index contributed by atoms with van der Waals surface area (Å²) in [5.74, 6) is 0.532. The lowest BCUT2D eigenvalue weighted by molar-refractivity contribution is -0.127. The topological polar surface area (TPSA) is 43.9 Å². The smallest absolute Gasteiger partial charge is 0.232 e. The molecule has 0 aromatic heterocycles. The van der Waals surface area contributed by atoms with E-state index in [1.54, 1.807) is 11.9 Å². The molecule has 0 saturated carbocycles. The molecule has 2 aromatic carbocycles. The third-order valence-corrected chi connectivity index (χ3v) is 6.87. The van der Waals surface area contributed by atoms with Gasteiger partial charge in [-0.2, -0.15) is 0 Å². The Morgan fingerprint density at radius 3 is 2.33 bits per heavy atom. The number of rotatable bonds is 8. The van der Waals surface area contributed by atoms with Crippen molar-refractivity contribution in [2.24, 2.45) is 11.8 Å². The van der Waals surface area contributed by atoms with E-state index in [0.717, 1.165) is 31.7 Å². The highest BCUT2D eigenvalue weighted by molar-refractivity contribution is 5.98. The Hall–Kier alpha value is -2.92. The van der Waals surface area contributed by atoms with Crippen LogP contribution in [-0.2, 0) is 9.59 Å². The van der Waals surface area contributed by atoms with Crippen molar-refractivity contribution in [2.45, 2.75) is 25.7 Å². The predicted octanol–water partition coefficient (Wildman–Crippen LogP) is 4.31. The third kappa shape index (κ3) is 6.32. The van der Waals surface area contributed by atoms with Crippen LogP contribution in [-0.4, -0.2) is 61.4 Å². The standard InChI is InChI=1S/C28H35N3O2/c1-29-22-25(21-27(29)32)28(33)31(26-11-6-3-7-12-26)18-8-17-30-19-15-24(16-20-30)14-13-23-9-4-2-5-10-23/h2-7,9-14,24-25H,8,15-22H2,1H3. The molecule has 0 bridgehead atoms. The van der Waals surface area contributed by atoms with Gasteiger partial charge in [-0.25, -0.2) is 0 Å². The number of piperidine rings is 1. The molecule has 33 heavy (non-hydrogen) atoms. The van der Waals surface area contributed by atoms with Crippen LogP contribution < -0.4 is 4.90 Å². The minimum absolute atomic E-state index is 0.0607. The molecule has 2 aromatic rings. The van der Waals surface area contributed by atoms with E-state index in [-0.39, 0.29) is 17.7 Å². The van der Waals surface area contributed by atoms with E-state index >= 15 is 0 Å². The molecule has 0 aliphatic carbocycles. The molecule has 5 heteroatoms. The van der Waals surface area contributed by atoms with Gasteiger partial charge in [0.2, 0.25) is 11.8 Å². The minimum Gasteiger partial charge on any atom is -0.345 e. The van der Waals surface area contributed by atoms with Crippen molar-refractivity contribution < 1.29 is 9.59 Å². The molecule has 5 nitrogen and oxygen atoms in total. The van der Waals surface area contributed by atoms with Gasteiger partial charge >= 0.3 is 0 Å². The lowest BCUT2D eigenvalue weighted by Crippen LogP contribution is -2.40. The van der Waals surface area contributed by atoms with Gasteiger partial charge in [0.25, 0.3) is 0 Å². The Bertz CT molecular complexity index is 936. The quantitative estimate of drug-likeness (QED) is 0.608. The van der Waals surface area contributed by atoms with Crippen molar-refractivity contribution in [1.82, 2.24) is 9.80 Å². The molecule has 0 spiro atoms. The largest absolute Gasteiger partial charge is 0.345 e. The maximum Gasteiger partial charge on any atom is 0.232 e. The zero-order valence-corrected chi connectivity index (χ0v) is 19.6. The molecule has 2 aliphatic heterocycles. The molecular weight excluding hydrogens is 410 g/mol. The van der Waals surface area contributed by atoms with Crippen molar-refractivity contribution >= 4 is 23.6 Å². The van der Waals surface area contributed by atoms with Crippen molar-refractivity contribution in [3.05, 3.63) is 72.3 Å². The number of allylic oxidation sites excluding steroid dienone is 1. The van der Waals surface area contributed by atoms with Crippen LogP contribution in [0.25, 0.3) is 6.08 Å². The van der Waals surface area contributed by atoms with Gasteiger partial charge < -0.3 is 14.7 Å². The van der Waals surface area contributed by atoms with Crippen molar-refractivity contribution in [3.63, 3.8) is 0 Å². The van der Waals surface area contributed by atoms with Crippen LogP contribution in [0.2, 0.25) is 0 Å². The Morgan fingerprint density at radius 2 is 1.70 bits per heavy atom. The second kappa shape index (κ2) is 11.3. The number of amides is 2. The zero-order chi connectivity index (χ0) is 23.0. The number of likely N-dealkylation sites (tertiary alicyclic amines) is 2. The summed E-state index contributed by atoms with van der Waals surface area (Å²) >= 11 is 0. The fourth-order valence-electron chi connectivity index (χ4n) is 4.86. The monoisotopic (exact) mass is 445 g/mol. The number of hydrogen-bond acceptors (Lipinski definition) is 3. The third-order valence-electron chi connectivity index (χ3n) is 6.87. The summed E-state index contributed by atoms with van der Waals surface area (Å²) in [6.45, 7) is 4.40. The Labute approximate surface area is 197 Å². The van der Waals surface area contributed by atoms with Crippen LogP contribution >= 0.6 is 0 Å². The minimum atomic E-state index is -0.241. The summed E-state index contributed by atoms with van der Waals surface area (Å²) in [5.41, 5.74) is 2.19. The van der Waals surface area contributed by atoms with Gasteiger partial charge in [-0.1, -0.05) is 60.7 Å². The molecular formula is C28H35N3O2. The molecule has 4 rings (SSSR count). The van der Waals surface area contributed by atoms with Crippen molar-refractivity contribution in [2.75, 3.05) is 44.7 Å². The van der Waals surface area contributed by atoms with Crippen LogP contribution in [0.5, 0.6) is 0 Å². The number of benzene rings is 2. The number of para-hydroxylation sites is 1. The molecule has 2 fully saturated rings. The highest BCUT2D eigenvalue weighted by Gasteiger charge is 2.35. The van der Waals surface area contributed by atoms with Gasteiger partial charge in [-0.15, -0.1) is 0 Å². The number of nitrogens with zero attached hydrogens (tertiary/aromatic N) is 3. The molecule has 0 radical (unpaired) electrons. The van der Waals surface area contributed by atoms with Gasteiger partial charge in [-0.05, 0) is 62.5 Å². The Balaban J connectivity index is 1.27. The summed E-state index contributed by atoms with van der Waals surface area (Å²) in [6, 6.07) is 20.4. The summed E-state index contributed by atoms with van der Waals surface area (Å²) in [6.07, 6.45) is 8.23. The van der Waals surface area contributed by atoms with Crippen LogP contribution in [0.3, 0.4) is 0 Å². The maximum atomic E-state index is 13.3. The average Bonchev–Trinajstić information content (AvgIpc) is 3.20. The lowest BCUT2D eigenvalue weighted by atomic mass is 9.95. The van der Waals surface area contributed by atoms with Gasteiger partial charge in [0, 0.05) is 32.2 Å². The number of hydrogen-bond donors (Lipinski definition) is 0. The Morgan fingerprint density at radius 1 is 1.03 bits per heavy atom. The molecule has 2 saturated heterocycles. The summed E-state index contributed by atoms with van der Waals surface area (Å²) in [7, 11) is 1.78. The lowest BCUT2D eigenvalue weighted by Gasteiger charge is -2.32. The van der Waals surface area contributed by atoms with Gasteiger partial charge in [0.05, 0.1) is 5.92 Å². The van der Waals surface area contributed by atoms with E-state index in [4.69, 9.17) is 0 Å². The summed E-state index contributed by atoms with van der Waals surface area (Å²) < 4.78 is 0. The van der Waals surface area contributed by atoms with Crippen LogP contribution in [0.1, 0.15) is 31.2 Å². The summed E-state index contributed by atoms with van der Waals surface area (Å²) in [5, 5.41) is 0. The zero-order valence-electron chi connectivity index (χ0n) is 19.6. The Kier molecular flexibility index (Phi) is 7.95. The first-order valence-corrected chi connectivity index (χ1v) is 12.2. The van der Waals surface area contributed by atoms with Crippen molar-refractivity contribution in [1.29, 1.82) is 0 Å².